The van der Waals surface area contributed by atoms with Gasteiger partial charge in [0.15, 0.2) is 16.6 Å². The topological polar surface area (TPSA) is 37.0 Å². The van der Waals surface area contributed by atoms with E-state index in [0.717, 1.165) is 43.6 Å². The van der Waals surface area contributed by atoms with E-state index in [1.54, 1.807) is 14.2 Å². The molecule has 1 aliphatic heterocycles. The first-order chi connectivity index (χ1) is 16.1. The monoisotopic (exact) mass is 515 g/mol. The molecule has 0 saturated carbocycles. The molecule has 0 unspecified atom stereocenters. The van der Waals surface area contributed by atoms with Crippen LogP contribution < -0.4 is 14.8 Å². The lowest BCUT2D eigenvalue weighted by Gasteiger charge is -2.39. The number of nitrogens with one attached hydrogen (secondary N) is 1. The lowest BCUT2D eigenvalue weighted by atomic mass is 10.0. The molecular formula is C24H29ClF3N3O2S. The van der Waals surface area contributed by atoms with Crippen LogP contribution in [-0.2, 0) is 12.6 Å². The van der Waals surface area contributed by atoms with Crippen LogP contribution in [-0.4, -0.2) is 61.9 Å². The summed E-state index contributed by atoms with van der Waals surface area (Å²) in [5.41, 5.74) is 0.402. The Morgan fingerprint density at radius 3 is 2.41 bits per heavy atom. The van der Waals surface area contributed by atoms with Gasteiger partial charge in [0.25, 0.3) is 0 Å². The minimum atomic E-state index is -4.47. The van der Waals surface area contributed by atoms with E-state index >= 15 is 0 Å². The molecule has 1 aliphatic rings. The number of methoxy groups -OCH3 is 2. The maximum Gasteiger partial charge on any atom is 0.416 e. The van der Waals surface area contributed by atoms with Gasteiger partial charge >= 0.3 is 6.18 Å². The van der Waals surface area contributed by atoms with Crippen LogP contribution in [0.4, 0.5) is 18.9 Å². The van der Waals surface area contributed by atoms with Crippen LogP contribution in [0.15, 0.2) is 36.4 Å². The van der Waals surface area contributed by atoms with Gasteiger partial charge in [-0.15, -0.1) is 0 Å². The van der Waals surface area contributed by atoms with E-state index in [1.807, 2.05) is 18.2 Å². The molecule has 0 bridgehead atoms. The highest BCUT2D eigenvalue weighted by molar-refractivity contribution is 7.80. The van der Waals surface area contributed by atoms with E-state index in [4.69, 9.17) is 33.3 Å². The maximum absolute atomic E-state index is 13.2. The van der Waals surface area contributed by atoms with Gasteiger partial charge in [-0.25, -0.2) is 0 Å². The molecule has 5 nitrogen and oxygen atoms in total. The third-order valence-corrected chi connectivity index (χ3v) is 6.68. The number of anilines is 1. The number of rotatable bonds is 7. The van der Waals surface area contributed by atoms with Crippen LogP contribution in [0.1, 0.15) is 24.0 Å². The number of halogens is 4. The second-order valence-corrected chi connectivity index (χ2v) is 9.08. The number of likely N-dealkylation sites (tertiary alicyclic amines) is 1. The normalized spacial score (nSPS) is 15.1. The number of hydrogen-bond donors (Lipinski definition) is 1. The number of nitrogens with zero attached hydrogens (tertiary/aromatic N) is 2. The van der Waals surface area contributed by atoms with Gasteiger partial charge in [0, 0.05) is 12.6 Å². The zero-order chi connectivity index (χ0) is 24.9. The highest BCUT2D eigenvalue weighted by atomic mass is 35.5. The number of piperidine rings is 1. The number of hydrogen-bond acceptors (Lipinski definition) is 4. The van der Waals surface area contributed by atoms with Gasteiger partial charge in [-0.3, -0.25) is 0 Å². The number of alkyl halides is 3. The second kappa shape index (κ2) is 11.5. The van der Waals surface area contributed by atoms with Crippen molar-refractivity contribution < 1.29 is 22.6 Å². The van der Waals surface area contributed by atoms with E-state index in [0.29, 0.717) is 29.6 Å². The standard InChI is InChI=1S/C24H29ClF3N3O2S/c1-30-11-9-18(10-12-30)31(13-8-16-4-7-21(32-2)22(14-16)33-3)23(34)29-20-15-17(24(26,27)28)5-6-19(20)25/h4-7,14-15,18H,8-13H2,1-3H3,(H,29,34). The van der Waals surface area contributed by atoms with Gasteiger partial charge in [0.05, 0.1) is 30.5 Å². The first kappa shape index (κ1) is 26.4. The number of thiocarbonyl (C=S) groups is 1. The van der Waals surface area contributed by atoms with Gasteiger partial charge in [-0.1, -0.05) is 17.7 Å². The largest absolute Gasteiger partial charge is 0.493 e. The first-order valence-corrected chi connectivity index (χ1v) is 11.7. The molecule has 2 aromatic rings. The average Bonchev–Trinajstić information content (AvgIpc) is 2.80. The Hall–Kier alpha value is -2.23. The van der Waals surface area contributed by atoms with Gasteiger partial charge in [0.2, 0.25) is 0 Å². The van der Waals surface area contributed by atoms with Gasteiger partial charge < -0.3 is 24.6 Å². The molecule has 3 rings (SSSR count). The quantitative estimate of drug-likeness (QED) is 0.476. The maximum atomic E-state index is 13.2. The van der Waals surface area contributed by atoms with Crippen molar-refractivity contribution in [1.82, 2.24) is 9.80 Å². The summed E-state index contributed by atoms with van der Waals surface area (Å²) in [5.74, 6) is 1.29. The molecule has 1 N–H and O–H groups in total. The fourth-order valence-electron chi connectivity index (χ4n) is 4.03. The summed E-state index contributed by atoms with van der Waals surface area (Å²) in [5, 5.41) is 3.51. The number of ether oxygens (including phenoxy) is 2. The highest BCUT2D eigenvalue weighted by Crippen LogP contribution is 2.34. The van der Waals surface area contributed by atoms with Crippen molar-refractivity contribution in [3.63, 3.8) is 0 Å². The average molecular weight is 516 g/mol. The Balaban J connectivity index is 1.80. The second-order valence-electron chi connectivity index (χ2n) is 8.29. The molecule has 0 radical (unpaired) electrons. The Labute approximate surface area is 208 Å². The van der Waals surface area contributed by atoms with E-state index in [9.17, 15) is 13.2 Å². The van der Waals surface area contributed by atoms with Crippen molar-refractivity contribution in [2.24, 2.45) is 0 Å². The van der Waals surface area contributed by atoms with Crippen molar-refractivity contribution in [3.05, 3.63) is 52.5 Å². The van der Waals surface area contributed by atoms with Gasteiger partial charge in [-0.05, 0) is 87.5 Å². The Morgan fingerprint density at radius 2 is 1.79 bits per heavy atom. The predicted octanol–water partition coefficient (Wildman–Crippen LogP) is 5.71. The summed E-state index contributed by atoms with van der Waals surface area (Å²) in [6.07, 6.45) is -1.99. The van der Waals surface area contributed by atoms with E-state index < -0.39 is 11.7 Å². The third kappa shape index (κ3) is 6.67. The van der Waals surface area contributed by atoms with Crippen molar-refractivity contribution in [2.75, 3.05) is 46.2 Å². The lowest BCUT2D eigenvalue weighted by molar-refractivity contribution is -0.137. The van der Waals surface area contributed by atoms with Crippen molar-refractivity contribution in [2.45, 2.75) is 31.5 Å². The highest BCUT2D eigenvalue weighted by Gasteiger charge is 2.31. The van der Waals surface area contributed by atoms with E-state index in [2.05, 4.69) is 22.2 Å². The zero-order valence-corrected chi connectivity index (χ0v) is 21.0. The summed E-state index contributed by atoms with van der Waals surface area (Å²) >= 11 is 11.9. The summed E-state index contributed by atoms with van der Waals surface area (Å²) in [4.78, 5) is 4.32. The smallest absolute Gasteiger partial charge is 0.416 e. The van der Waals surface area contributed by atoms with E-state index in [1.165, 1.54) is 6.07 Å². The molecular weight excluding hydrogens is 487 g/mol. The van der Waals surface area contributed by atoms with Crippen LogP contribution in [0.2, 0.25) is 5.02 Å². The van der Waals surface area contributed by atoms with Gasteiger partial charge in [0.1, 0.15) is 0 Å². The minimum absolute atomic E-state index is 0.144. The predicted molar refractivity (Wildman–Crippen MR) is 133 cm³/mol. The van der Waals surface area contributed by atoms with E-state index in [-0.39, 0.29) is 16.8 Å². The molecule has 1 saturated heterocycles. The Morgan fingerprint density at radius 1 is 1.12 bits per heavy atom. The molecule has 1 fully saturated rings. The van der Waals surface area contributed by atoms with Crippen LogP contribution in [0, 0.1) is 0 Å². The fourth-order valence-corrected chi connectivity index (χ4v) is 4.54. The molecule has 0 aliphatic carbocycles. The van der Waals surface area contributed by atoms with Gasteiger partial charge in [-0.2, -0.15) is 13.2 Å². The molecule has 10 heteroatoms. The lowest BCUT2D eigenvalue weighted by Crippen LogP contribution is -2.48. The SMILES string of the molecule is COc1ccc(CCN(C(=S)Nc2cc(C(F)(F)F)ccc2Cl)C2CCN(C)CC2)cc1OC. The molecule has 34 heavy (non-hydrogen) atoms. The molecule has 0 atom stereocenters. The fraction of sp³-hybridized carbons (Fsp3) is 0.458. The van der Waals surface area contributed by atoms with Crippen LogP contribution in [0.3, 0.4) is 0 Å². The van der Waals surface area contributed by atoms with Crippen molar-refractivity contribution in [1.29, 1.82) is 0 Å². The summed E-state index contributed by atoms with van der Waals surface area (Å²) in [7, 11) is 5.25. The number of benzene rings is 2. The zero-order valence-electron chi connectivity index (χ0n) is 19.4. The van der Waals surface area contributed by atoms with Crippen LogP contribution >= 0.6 is 23.8 Å². The molecule has 0 spiro atoms. The van der Waals surface area contributed by atoms with Crippen molar-refractivity contribution in [3.8, 4) is 11.5 Å². The van der Waals surface area contributed by atoms with Crippen LogP contribution in [0.5, 0.6) is 11.5 Å². The molecule has 0 aromatic heterocycles. The Bertz CT molecular complexity index is 998. The first-order valence-electron chi connectivity index (χ1n) is 11.0. The molecule has 0 amide bonds. The third-order valence-electron chi connectivity index (χ3n) is 6.01. The minimum Gasteiger partial charge on any atom is -0.493 e. The summed E-state index contributed by atoms with van der Waals surface area (Å²) in [6, 6.07) is 9.10. The molecule has 186 valence electrons. The molecule has 1 heterocycles. The van der Waals surface area contributed by atoms with Crippen molar-refractivity contribution >= 4 is 34.6 Å². The summed E-state index contributed by atoms with van der Waals surface area (Å²) < 4.78 is 50.3. The molecule has 2 aromatic carbocycles. The Kier molecular flexibility index (Phi) is 8.89. The summed E-state index contributed by atoms with van der Waals surface area (Å²) in [6.45, 7) is 2.43. The van der Waals surface area contributed by atoms with Crippen LogP contribution in [0.25, 0.3) is 0 Å².